The minimum Gasteiger partial charge on any atom is -0.490 e. The van der Waals surface area contributed by atoms with E-state index in [0.29, 0.717) is 24.5 Å². The molecule has 2 aromatic rings. The predicted molar refractivity (Wildman–Crippen MR) is 102 cm³/mol. The van der Waals surface area contributed by atoms with E-state index in [4.69, 9.17) is 20.0 Å². The van der Waals surface area contributed by atoms with Crippen LogP contribution in [0.3, 0.4) is 0 Å². The first-order chi connectivity index (χ1) is 12.4. The zero-order chi connectivity index (χ0) is 19.0. The highest BCUT2D eigenvalue weighted by molar-refractivity contribution is 5.66. The maximum atomic E-state index is 8.89. The lowest BCUT2D eigenvalue weighted by Gasteiger charge is -2.19. The number of nitriles is 2. The van der Waals surface area contributed by atoms with Gasteiger partial charge in [-0.3, -0.25) is 0 Å². The average molecular weight is 346 g/mol. The van der Waals surface area contributed by atoms with Gasteiger partial charge in [-0.1, -0.05) is 51.1 Å². The van der Waals surface area contributed by atoms with Crippen LogP contribution < -0.4 is 9.47 Å². The normalized spacial score (nSPS) is 10.3. The molecule has 0 N–H and O–H groups in total. The quantitative estimate of drug-likeness (QED) is 0.553. The zero-order valence-electron chi connectivity index (χ0n) is 15.3. The SMILES string of the molecule is CC(C)(C)c1ccc(OCCOc2ccccc2C=C(C#N)C#N)cc1. The van der Waals surface area contributed by atoms with Crippen molar-refractivity contribution in [2.24, 2.45) is 0 Å². The molecule has 132 valence electrons. The van der Waals surface area contributed by atoms with E-state index in [2.05, 4.69) is 32.9 Å². The van der Waals surface area contributed by atoms with Crippen LogP contribution in [0.5, 0.6) is 11.5 Å². The van der Waals surface area contributed by atoms with Crippen LogP contribution in [-0.2, 0) is 5.41 Å². The molecule has 0 aromatic heterocycles. The number of para-hydroxylation sites is 1. The second kappa shape index (κ2) is 8.74. The van der Waals surface area contributed by atoms with Crippen LogP contribution >= 0.6 is 0 Å². The molecule has 0 aliphatic heterocycles. The molecule has 0 aliphatic rings. The molecular formula is C22H22N2O2. The summed E-state index contributed by atoms with van der Waals surface area (Å²) in [5.74, 6) is 1.41. The molecule has 0 radical (unpaired) electrons. The molecule has 4 nitrogen and oxygen atoms in total. The van der Waals surface area contributed by atoms with Crippen LogP contribution in [0.1, 0.15) is 31.9 Å². The summed E-state index contributed by atoms with van der Waals surface area (Å²) < 4.78 is 11.5. The largest absolute Gasteiger partial charge is 0.490 e. The van der Waals surface area contributed by atoms with Gasteiger partial charge in [0.05, 0.1) is 0 Å². The van der Waals surface area contributed by atoms with Gasteiger partial charge in [-0.2, -0.15) is 10.5 Å². The van der Waals surface area contributed by atoms with Crippen molar-refractivity contribution in [1.29, 1.82) is 10.5 Å². The molecular weight excluding hydrogens is 324 g/mol. The van der Waals surface area contributed by atoms with E-state index in [1.807, 2.05) is 36.4 Å². The second-order valence-electron chi connectivity index (χ2n) is 6.79. The summed E-state index contributed by atoms with van der Waals surface area (Å²) in [4.78, 5) is 0. The van der Waals surface area contributed by atoms with Gasteiger partial charge in [-0.25, -0.2) is 0 Å². The molecule has 0 saturated heterocycles. The molecule has 0 bridgehead atoms. The van der Waals surface area contributed by atoms with Gasteiger partial charge in [0.15, 0.2) is 0 Å². The summed E-state index contributed by atoms with van der Waals surface area (Å²) in [6.45, 7) is 7.28. The van der Waals surface area contributed by atoms with Crippen LogP contribution in [0, 0.1) is 22.7 Å². The standard InChI is InChI=1S/C22H22N2O2/c1-22(2,3)19-8-10-20(11-9-19)25-12-13-26-21-7-5-4-6-18(21)14-17(15-23)16-24/h4-11,14H,12-13H2,1-3H3. The minimum atomic E-state index is 0.0382. The Morgan fingerprint density at radius 3 is 2.15 bits per heavy atom. The first-order valence-corrected chi connectivity index (χ1v) is 8.41. The molecule has 0 fully saturated rings. The fraction of sp³-hybridized carbons (Fsp3) is 0.273. The summed E-state index contributed by atoms with van der Waals surface area (Å²) in [6.07, 6.45) is 1.52. The van der Waals surface area contributed by atoms with Crippen LogP contribution in [-0.4, -0.2) is 13.2 Å². The number of hydrogen-bond acceptors (Lipinski definition) is 4. The Kier molecular flexibility index (Phi) is 6.42. The number of ether oxygens (including phenoxy) is 2. The number of hydrogen-bond donors (Lipinski definition) is 0. The van der Waals surface area contributed by atoms with Crippen LogP contribution in [0.15, 0.2) is 54.1 Å². The Balaban J connectivity index is 1.92. The van der Waals surface area contributed by atoms with Crippen molar-refractivity contribution in [3.05, 3.63) is 65.2 Å². The number of rotatable bonds is 6. The van der Waals surface area contributed by atoms with E-state index in [0.717, 1.165) is 5.75 Å². The second-order valence-corrected chi connectivity index (χ2v) is 6.79. The van der Waals surface area contributed by atoms with E-state index in [9.17, 15) is 0 Å². The highest BCUT2D eigenvalue weighted by atomic mass is 16.5. The fourth-order valence-corrected chi connectivity index (χ4v) is 2.34. The summed E-state index contributed by atoms with van der Waals surface area (Å²) in [7, 11) is 0. The third-order valence-corrected chi connectivity index (χ3v) is 3.79. The van der Waals surface area contributed by atoms with Crippen LogP contribution in [0.2, 0.25) is 0 Å². The maximum Gasteiger partial charge on any atom is 0.130 e. The first kappa shape index (κ1) is 19.1. The maximum absolute atomic E-state index is 8.89. The molecule has 0 unspecified atom stereocenters. The molecule has 0 atom stereocenters. The molecule has 2 aromatic carbocycles. The van der Waals surface area contributed by atoms with E-state index >= 15 is 0 Å². The van der Waals surface area contributed by atoms with Gasteiger partial charge < -0.3 is 9.47 Å². The topological polar surface area (TPSA) is 66.0 Å². The summed E-state index contributed by atoms with van der Waals surface area (Å²) in [6, 6.07) is 19.0. The lowest BCUT2D eigenvalue weighted by atomic mass is 9.87. The van der Waals surface area contributed by atoms with E-state index in [1.165, 1.54) is 11.6 Å². The van der Waals surface area contributed by atoms with Gasteiger partial charge in [-0.05, 0) is 35.3 Å². The molecule has 0 aliphatic carbocycles. The van der Waals surface area contributed by atoms with Gasteiger partial charge >= 0.3 is 0 Å². The lowest BCUT2D eigenvalue weighted by molar-refractivity contribution is 0.217. The first-order valence-electron chi connectivity index (χ1n) is 8.41. The lowest BCUT2D eigenvalue weighted by Crippen LogP contribution is -2.11. The molecule has 0 heterocycles. The van der Waals surface area contributed by atoms with Gasteiger partial charge in [0.25, 0.3) is 0 Å². The van der Waals surface area contributed by atoms with Gasteiger partial charge in [0.1, 0.15) is 42.4 Å². The highest BCUT2D eigenvalue weighted by Crippen LogP contribution is 2.24. The molecule has 2 rings (SSSR count). The highest BCUT2D eigenvalue weighted by Gasteiger charge is 2.12. The Morgan fingerprint density at radius 1 is 0.923 bits per heavy atom. The zero-order valence-corrected chi connectivity index (χ0v) is 15.3. The van der Waals surface area contributed by atoms with Crippen molar-refractivity contribution >= 4 is 6.08 Å². The minimum absolute atomic E-state index is 0.0382. The predicted octanol–water partition coefficient (Wildman–Crippen LogP) is 4.87. The summed E-state index contributed by atoms with van der Waals surface area (Å²) in [5.41, 5.74) is 2.11. The van der Waals surface area contributed by atoms with Gasteiger partial charge in [-0.15, -0.1) is 0 Å². The van der Waals surface area contributed by atoms with Crippen molar-refractivity contribution in [2.45, 2.75) is 26.2 Å². The third-order valence-electron chi connectivity index (χ3n) is 3.79. The number of allylic oxidation sites excluding steroid dienone is 1. The van der Waals surface area contributed by atoms with E-state index < -0.39 is 0 Å². The Bertz CT molecular complexity index is 831. The number of nitrogens with zero attached hydrogens (tertiary/aromatic N) is 2. The van der Waals surface area contributed by atoms with Crippen molar-refractivity contribution in [2.75, 3.05) is 13.2 Å². The molecule has 0 spiro atoms. The number of benzene rings is 2. The van der Waals surface area contributed by atoms with Gasteiger partial charge in [0.2, 0.25) is 0 Å². The van der Waals surface area contributed by atoms with Crippen molar-refractivity contribution < 1.29 is 9.47 Å². The Hall–Kier alpha value is -3.24. The van der Waals surface area contributed by atoms with E-state index in [-0.39, 0.29) is 11.0 Å². The monoisotopic (exact) mass is 346 g/mol. The Morgan fingerprint density at radius 2 is 1.54 bits per heavy atom. The molecule has 26 heavy (non-hydrogen) atoms. The third kappa shape index (κ3) is 5.40. The molecule has 0 saturated carbocycles. The molecule has 0 amide bonds. The smallest absolute Gasteiger partial charge is 0.130 e. The van der Waals surface area contributed by atoms with Crippen molar-refractivity contribution in [1.82, 2.24) is 0 Å². The van der Waals surface area contributed by atoms with E-state index in [1.54, 1.807) is 12.1 Å². The van der Waals surface area contributed by atoms with Gasteiger partial charge in [0, 0.05) is 5.56 Å². The van der Waals surface area contributed by atoms with Crippen LogP contribution in [0.4, 0.5) is 0 Å². The fourth-order valence-electron chi connectivity index (χ4n) is 2.34. The van der Waals surface area contributed by atoms with Crippen molar-refractivity contribution in [3.8, 4) is 23.6 Å². The summed E-state index contributed by atoms with van der Waals surface area (Å²) >= 11 is 0. The van der Waals surface area contributed by atoms with Crippen molar-refractivity contribution in [3.63, 3.8) is 0 Å². The Labute approximate surface area is 154 Å². The van der Waals surface area contributed by atoms with Crippen LogP contribution in [0.25, 0.3) is 6.08 Å². The average Bonchev–Trinajstić information content (AvgIpc) is 2.64. The molecule has 4 heteroatoms. The summed E-state index contributed by atoms with van der Waals surface area (Å²) in [5, 5.41) is 17.8.